The van der Waals surface area contributed by atoms with Gasteiger partial charge in [-0.1, -0.05) is 6.07 Å². The molecule has 1 heterocycles. The first-order valence-electron chi connectivity index (χ1n) is 7.73. The summed E-state index contributed by atoms with van der Waals surface area (Å²) in [5.41, 5.74) is 2.37. The van der Waals surface area contributed by atoms with E-state index in [1.807, 2.05) is 0 Å². The van der Waals surface area contributed by atoms with E-state index in [1.165, 1.54) is 24.3 Å². The van der Waals surface area contributed by atoms with Gasteiger partial charge < -0.3 is 10.6 Å². The molecule has 2 N–H and O–H groups in total. The predicted molar refractivity (Wildman–Crippen MR) is 95.6 cm³/mol. The second kappa shape index (κ2) is 7.40. The first kappa shape index (κ1) is 17.0. The SMILES string of the molecule is Cc1cc(C(=O)Nc2ccc(F)cc2)nc(Nc2cccc(C#N)c2)n1. The first-order chi connectivity index (χ1) is 12.5. The highest BCUT2D eigenvalue weighted by molar-refractivity contribution is 6.03. The van der Waals surface area contributed by atoms with Crippen LogP contribution in [-0.2, 0) is 0 Å². The molecule has 0 radical (unpaired) electrons. The average molecular weight is 347 g/mol. The molecule has 3 rings (SSSR count). The Morgan fingerprint density at radius 3 is 2.58 bits per heavy atom. The van der Waals surface area contributed by atoms with Crippen molar-refractivity contribution in [1.82, 2.24) is 9.97 Å². The van der Waals surface area contributed by atoms with Gasteiger partial charge in [-0.2, -0.15) is 5.26 Å². The number of aryl methyl sites for hydroxylation is 1. The van der Waals surface area contributed by atoms with E-state index in [4.69, 9.17) is 5.26 Å². The number of nitriles is 1. The van der Waals surface area contributed by atoms with Crippen LogP contribution in [0.25, 0.3) is 0 Å². The number of hydrogen-bond acceptors (Lipinski definition) is 5. The predicted octanol–water partition coefficient (Wildman–Crippen LogP) is 3.79. The molecule has 0 bridgehead atoms. The monoisotopic (exact) mass is 347 g/mol. The maximum Gasteiger partial charge on any atom is 0.274 e. The lowest BCUT2D eigenvalue weighted by molar-refractivity contribution is 0.102. The maximum absolute atomic E-state index is 13.0. The van der Waals surface area contributed by atoms with Crippen LogP contribution in [0.15, 0.2) is 54.6 Å². The average Bonchev–Trinajstić information content (AvgIpc) is 2.63. The topological polar surface area (TPSA) is 90.7 Å². The number of benzene rings is 2. The zero-order valence-electron chi connectivity index (χ0n) is 13.8. The Kier molecular flexibility index (Phi) is 4.85. The number of carbonyl (C=O) groups excluding carboxylic acids is 1. The molecule has 0 aliphatic carbocycles. The summed E-state index contributed by atoms with van der Waals surface area (Å²) < 4.78 is 13.0. The third kappa shape index (κ3) is 4.19. The summed E-state index contributed by atoms with van der Waals surface area (Å²) in [5.74, 6) is -0.577. The van der Waals surface area contributed by atoms with Crippen LogP contribution in [-0.4, -0.2) is 15.9 Å². The van der Waals surface area contributed by atoms with Crippen LogP contribution in [0.3, 0.4) is 0 Å². The molecule has 128 valence electrons. The van der Waals surface area contributed by atoms with Crippen LogP contribution in [0, 0.1) is 24.1 Å². The van der Waals surface area contributed by atoms with Gasteiger partial charge in [0.25, 0.3) is 5.91 Å². The molecule has 0 saturated heterocycles. The molecular formula is C19H14FN5O. The fourth-order valence-electron chi connectivity index (χ4n) is 2.26. The van der Waals surface area contributed by atoms with Crippen molar-refractivity contribution in [1.29, 1.82) is 5.26 Å². The largest absolute Gasteiger partial charge is 0.324 e. The number of nitrogens with one attached hydrogen (secondary N) is 2. The van der Waals surface area contributed by atoms with Gasteiger partial charge in [-0.3, -0.25) is 4.79 Å². The van der Waals surface area contributed by atoms with Crippen molar-refractivity contribution >= 4 is 23.2 Å². The normalized spacial score (nSPS) is 10.0. The second-order valence-corrected chi connectivity index (χ2v) is 5.50. The Morgan fingerprint density at radius 1 is 1.08 bits per heavy atom. The molecule has 0 unspecified atom stereocenters. The van der Waals surface area contributed by atoms with Crippen molar-refractivity contribution in [3.63, 3.8) is 0 Å². The van der Waals surface area contributed by atoms with E-state index in [0.29, 0.717) is 22.6 Å². The molecule has 0 fully saturated rings. The number of nitrogens with zero attached hydrogens (tertiary/aromatic N) is 3. The zero-order chi connectivity index (χ0) is 18.5. The number of rotatable bonds is 4. The van der Waals surface area contributed by atoms with Crippen LogP contribution in [0.1, 0.15) is 21.7 Å². The summed E-state index contributed by atoms with van der Waals surface area (Å²) in [4.78, 5) is 20.8. The van der Waals surface area contributed by atoms with Crippen LogP contribution in [0.4, 0.5) is 21.7 Å². The number of aromatic nitrogens is 2. The minimum Gasteiger partial charge on any atom is -0.324 e. The number of anilines is 3. The molecule has 26 heavy (non-hydrogen) atoms. The summed E-state index contributed by atoms with van der Waals surface area (Å²) in [6.07, 6.45) is 0. The van der Waals surface area contributed by atoms with Gasteiger partial charge in [-0.05, 0) is 55.5 Å². The smallest absolute Gasteiger partial charge is 0.274 e. The highest BCUT2D eigenvalue weighted by Gasteiger charge is 2.11. The van der Waals surface area contributed by atoms with E-state index < -0.39 is 5.91 Å². The van der Waals surface area contributed by atoms with Crippen molar-refractivity contribution in [3.8, 4) is 6.07 Å². The van der Waals surface area contributed by atoms with E-state index in [1.54, 1.807) is 37.3 Å². The lowest BCUT2D eigenvalue weighted by atomic mass is 10.2. The maximum atomic E-state index is 13.0. The first-order valence-corrected chi connectivity index (χ1v) is 7.73. The molecule has 7 heteroatoms. The molecule has 1 aromatic heterocycles. The zero-order valence-corrected chi connectivity index (χ0v) is 13.8. The molecule has 0 aliphatic rings. The Bertz CT molecular complexity index is 996. The standard InChI is InChI=1S/C19H14FN5O/c1-12-9-17(18(26)23-15-7-5-14(20)6-8-15)25-19(22-12)24-16-4-2-3-13(10-16)11-21/h2-10H,1H3,(H,23,26)(H,22,24,25). The summed E-state index contributed by atoms with van der Waals surface area (Å²) in [7, 11) is 0. The number of halogens is 1. The minimum absolute atomic E-state index is 0.167. The van der Waals surface area contributed by atoms with Crippen molar-refractivity contribution in [2.75, 3.05) is 10.6 Å². The van der Waals surface area contributed by atoms with E-state index in [9.17, 15) is 9.18 Å². The van der Waals surface area contributed by atoms with E-state index in [0.717, 1.165) is 0 Å². The van der Waals surface area contributed by atoms with Gasteiger partial charge in [0.15, 0.2) is 0 Å². The number of amides is 1. The van der Waals surface area contributed by atoms with E-state index in [-0.39, 0.29) is 17.5 Å². The van der Waals surface area contributed by atoms with Crippen molar-refractivity contribution in [2.24, 2.45) is 0 Å². The molecule has 0 atom stereocenters. The molecule has 1 amide bonds. The van der Waals surface area contributed by atoms with Gasteiger partial charge in [-0.15, -0.1) is 0 Å². The van der Waals surface area contributed by atoms with Crippen LogP contribution < -0.4 is 10.6 Å². The van der Waals surface area contributed by atoms with Gasteiger partial charge in [0.2, 0.25) is 5.95 Å². The lowest BCUT2D eigenvalue weighted by Crippen LogP contribution is -2.15. The van der Waals surface area contributed by atoms with Crippen molar-refractivity contribution in [2.45, 2.75) is 6.92 Å². The van der Waals surface area contributed by atoms with Crippen molar-refractivity contribution < 1.29 is 9.18 Å². The fourth-order valence-corrected chi connectivity index (χ4v) is 2.26. The summed E-state index contributed by atoms with van der Waals surface area (Å²) >= 11 is 0. The Balaban J connectivity index is 1.81. The number of hydrogen-bond donors (Lipinski definition) is 2. The molecule has 0 spiro atoms. The minimum atomic E-state index is -0.434. The van der Waals surface area contributed by atoms with Gasteiger partial charge in [-0.25, -0.2) is 14.4 Å². The molecule has 0 saturated carbocycles. The summed E-state index contributed by atoms with van der Waals surface area (Å²) in [6.45, 7) is 1.74. The fraction of sp³-hybridized carbons (Fsp3) is 0.0526. The number of carbonyl (C=O) groups is 1. The molecule has 2 aromatic carbocycles. The highest BCUT2D eigenvalue weighted by Crippen LogP contribution is 2.16. The Labute approximate surface area is 149 Å². The molecule has 3 aromatic rings. The molecule has 0 aliphatic heterocycles. The van der Waals surface area contributed by atoms with Gasteiger partial charge >= 0.3 is 0 Å². The Morgan fingerprint density at radius 2 is 1.85 bits per heavy atom. The lowest BCUT2D eigenvalue weighted by Gasteiger charge is -2.09. The van der Waals surface area contributed by atoms with E-state index in [2.05, 4.69) is 26.7 Å². The van der Waals surface area contributed by atoms with Crippen LogP contribution >= 0.6 is 0 Å². The third-order valence-electron chi connectivity index (χ3n) is 3.44. The molecular weight excluding hydrogens is 333 g/mol. The van der Waals surface area contributed by atoms with Crippen LogP contribution in [0.5, 0.6) is 0 Å². The quantitative estimate of drug-likeness (QED) is 0.749. The second-order valence-electron chi connectivity index (χ2n) is 5.50. The summed E-state index contributed by atoms with van der Waals surface area (Å²) in [6, 6.07) is 15.9. The third-order valence-corrected chi connectivity index (χ3v) is 3.44. The summed E-state index contributed by atoms with van der Waals surface area (Å²) in [5, 5.41) is 14.6. The van der Waals surface area contributed by atoms with Gasteiger partial charge in [0.1, 0.15) is 11.5 Å². The molecule has 6 nitrogen and oxygen atoms in total. The highest BCUT2D eigenvalue weighted by atomic mass is 19.1. The van der Waals surface area contributed by atoms with Crippen LogP contribution in [0.2, 0.25) is 0 Å². The van der Waals surface area contributed by atoms with Gasteiger partial charge in [0, 0.05) is 17.1 Å². The Hall–Kier alpha value is -3.79. The van der Waals surface area contributed by atoms with E-state index >= 15 is 0 Å². The van der Waals surface area contributed by atoms with Crippen molar-refractivity contribution in [3.05, 3.63) is 77.4 Å². The van der Waals surface area contributed by atoms with Gasteiger partial charge in [0.05, 0.1) is 11.6 Å².